The number of aliphatic hydroxyl groups is 3. The minimum Gasteiger partial charge on any atom is -0.460 e. The molecule has 0 rings (SSSR count). The lowest BCUT2D eigenvalue weighted by atomic mass is 10.3. The maximum Gasteiger partial charge on any atom is 0.333 e. The number of esters is 1. The van der Waals surface area contributed by atoms with Crippen LogP contribution in [0.4, 0.5) is 0 Å². The van der Waals surface area contributed by atoms with Crippen LogP contribution < -0.4 is 0 Å². The van der Waals surface area contributed by atoms with E-state index in [0.717, 1.165) is 12.8 Å². The molecule has 0 aliphatic carbocycles. The normalized spacial score (nSPS) is 8.80. The van der Waals surface area contributed by atoms with Crippen LogP contribution in [0, 0.1) is 0 Å². The van der Waals surface area contributed by atoms with Gasteiger partial charge < -0.3 is 20.1 Å². The van der Waals surface area contributed by atoms with Crippen molar-refractivity contribution in [1.82, 2.24) is 0 Å². The highest BCUT2D eigenvalue weighted by atomic mass is 16.5. The summed E-state index contributed by atoms with van der Waals surface area (Å²) in [5, 5.41) is 24.4. The second-order valence-electron chi connectivity index (χ2n) is 2.79. The second kappa shape index (κ2) is 13.1. The Morgan fingerprint density at radius 1 is 1.13 bits per heavy atom. The van der Waals surface area contributed by atoms with Gasteiger partial charge in [-0.1, -0.05) is 6.58 Å². The Bertz CT molecular complexity index is 163. The molecular weight excluding hydrogens is 200 g/mol. The number of carbonyl (C=O) groups excluding carboxylic acids is 1. The van der Waals surface area contributed by atoms with Gasteiger partial charge in [-0.3, -0.25) is 0 Å². The Labute approximate surface area is 90.0 Å². The fourth-order valence-electron chi connectivity index (χ4n) is 0.485. The standard InChI is InChI=1S/C6H10O3.C4H10O2/c1-5(2)6(8)9-4-3-7;5-3-1-2-4-6/h7H,1,3-4H2,2H3;5-6H,1-4H2. The molecule has 0 aliphatic rings. The molecular formula is C10H20O5. The molecule has 0 spiro atoms. The molecule has 0 aromatic carbocycles. The van der Waals surface area contributed by atoms with E-state index in [1.807, 2.05) is 0 Å². The fraction of sp³-hybridized carbons (Fsp3) is 0.700. The molecule has 0 fully saturated rings. The highest BCUT2D eigenvalue weighted by Gasteiger charge is 1.99. The van der Waals surface area contributed by atoms with Crippen LogP contribution in [-0.2, 0) is 9.53 Å². The molecule has 0 aromatic heterocycles. The van der Waals surface area contributed by atoms with Crippen molar-refractivity contribution in [3.05, 3.63) is 12.2 Å². The average molecular weight is 220 g/mol. The van der Waals surface area contributed by atoms with Crippen LogP contribution in [0.25, 0.3) is 0 Å². The highest BCUT2D eigenvalue weighted by Crippen LogP contribution is 1.89. The van der Waals surface area contributed by atoms with Crippen LogP contribution in [0.5, 0.6) is 0 Å². The second-order valence-corrected chi connectivity index (χ2v) is 2.79. The van der Waals surface area contributed by atoms with E-state index < -0.39 is 5.97 Å². The molecule has 0 aromatic rings. The minimum absolute atomic E-state index is 0.0473. The molecule has 0 unspecified atom stereocenters. The third kappa shape index (κ3) is 15.8. The molecule has 0 amide bonds. The number of aliphatic hydroxyl groups excluding tert-OH is 3. The Kier molecular flexibility index (Phi) is 14.4. The lowest BCUT2D eigenvalue weighted by Crippen LogP contribution is -2.08. The predicted molar refractivity (Wildman–Crippen MR) is 56.3 cm³/mol. The number of hydrogen-bond donors (Lipinski definition) is 3. The maximum atomic E-state index is 10.5. The quantitative estimate of drug-likeness (QED) is 0.329. The van der Waals surface area contributed by atoms with Gasteiger partial charge in [-0.05, 0) is 19.8 Å². The summed E-state index contributed by atoms with van der Waals surface area (Å²) in [5.41, 5.74) is 0.350. The van der Waals surface area contributed by atoms with E-state index in [1.165, 1.54) is 0 Å². The molecule has 3 N–H and O–H groups in total. The van der Waals surface area contributed by atoms with Crippen LogP contribution in [0.2, 0.25) is 0 Å². The third-order valence-corrected chi connectivity index (χ3v) is 1.24. The molecule has 5 nitrogen and oxygen atoms in total. The zero-order chi connectivity index (χ0) is 12.1. The van der Waals surface area contributed by atoms with Crippen LogP contribution in [0.15, 0.2) is 12.2 Å². The SMILES string of the molecule is C=C(C)C(=O)OCCO.OCCCCO. The molecule has 90 valence electrons. The zero-order valence-electron chi connectivity index (χ0n) is 9.11. The Hall–Kier alpha value is -0.910. The lowest BCUT2D eigenvalue weighted by molar-refractivity contribution is -0.139. The van der Waals surface area contributed by atoms with Gasteiger partial charge in [0, 0.05) is 18.8 Å². The minimum atomic E-state index is -0.455. The number of rotatable bonds is 6. The Balaban J connectivity index is 0. The monoisotopic (exact) mass is 220 g/mol. The van der Waals surface area contributed by atoms with Crippen molar-refractivity contribution in [2.75, 3.05) is 26.4 Å². The summed E-state index contributed by atoms with van der Waals surface area (Å²) in [7, 11) is 0. The van der Waals surface area contributed by atoms with E-state index in [0.29, 0.717) is 5.57 Å². The van der Waals surface area contributed by atoms with Crippen LogP contribution in [0.3, 0.4) is 0 Å². The third-order valence-electron chi connectivity index (χ3n) is 1.24. The van der Waals surface area contributed by atoms with Crippen molar-refractivity contribution in [1.29, 1.82) is 0 Å². The first-order valence-electron chi connectivity index (χ1n) is 4.75. The topological polar surface area (TPSA) is 87.0 Å². The summed E-state index contributed by atoms with van der Waals surface area (Å²) < 4.78 is 4.46. The van der Waals surface area contributed by atoms with Crippen molar-refractivity contribution in [3.8, 4) is 0 Å². The summed E-state index contributed by atoms with van der Waals surface area (Å²) in [5.74, 6) is -0.455. The zero-order valence-corrected chi connectivity index (χ0v) is 9.11. The van der Waals surface area contributed by atoms with Crippen LogP contribution in [0.1, 0.15) is 19.8 Å². The van der Waals surface area contributed by atoms with Gasteiger partial charge in [0.25, 0.3) is 0 Å². The van der Waals surface area contributed by atoms with Gasteiger partial charge in [0.1, 0.15) is 6.61 Å². The molecule has 0 aliphatic heterocycles. The molecule has 0 saturated heterocycles. The van der Waals surface area contributed by atoms with Crippen molar-refractivity contribution in [2.24, 2.45) is 0 Å². The smallest absolute Gasteiger partial charge is 0.333 e. The van der Waals surface area contributed by atoms with E-state index in [9.17, 15) is 4.79 Å². The van der Waals surface area contributed by atoms with Gasteiger partial charge in [-0.15, -0.1) is 0 Å². The molecule has 0 bridgehead atoms. The van der Waals surface area contributed by atoms with Gasteiger partial charge >= 0.3 is 5.97 Å². The molecule has 0 saturated carbocycles. The summed E-state index contributed by atoms with van der Waals surface area (Å²) >= 11 is 0. The lowest BCUT2D eigenvalue weighted by Gasteiger charge is -1.99. The number of carbonyl (C=O) groups is 1. The molecule has 5 heteroatoms. The molecule has 0 radical (unpaired) electrons. The van der Waals surface area contributed by atoms with Crippen molar-refractivity contribution in [2.45, 2.75) is 19.8 Å². The summed E-state index contributed by atoms with van der Waals surface area (Å²) in [6, 6.07) is 0. The van der Waals surface area contributed by atoms with Crippen molar-refractivity contribution in [3.63, 3.8) is 0 Å². The molecule has 15 heavy (non-hydrogen) atoms. The Morgan fingerprint density at radius 3 is 1.87 bits per heavy atom. The highest BCUT2D eigenvalue weighted by molar-refractivity contribution is 5.86. The van der Waals surface area contributed by atoms with E-state index >= 15 is 0 Å². The first kappa shape index (κ1) is 16.5. The van der Waals surface area contributed by atoms with Crippen molar-refractivity contribution < 1.29 is 24.9 Å². The summed E-state index contributed by atoms with van der Waals surface area (Å²) in [4.78, 5) is 10.5. The molecule has 0 atom stereocenters. The summed E-state index contributed by atoms with van der Waals surface area (Å²) in [6.07, 6.45) is 1.44. The van der Waals surface area contributed by atoms with Gasteiger partial charge in [0.15, 0.2) is 0 Å². The first-order valence-corrected chi connectivity index (χ1v) is 4.75. The van der Waals surface area contributed by atoms with Gasteiger partial charge in [0.05, 0.1) is 6.61 Å². The van der Waals surface area contributed by atoms with E-state index in [2.05, 4.69) is 11.3 Å². The summed E-state index contributed by atoms with van der Waals surface area (Å²) in [6.45, 7) is 5.20. The van der Waals surface area contributed by atoms with E-state index in [4.69, 9.17) is 15.3 Å². The average Bonchev–Trinajstić information content (AvgIpc) is 2.23. The van der Waals surface area contributed by atoms with Crippen LogP contribution >= 0.6 is 0 Å². The fourth-order valence-corrected chi connectivity index (χ4v) is 0.485. The number of unbranched alkanes of at least 4 members (excludes halogenated alkanes) is 1. The first-order chi connectivity index (χ1) is 7.09. The maximum absolute atomic E-state index is 10.5. The molecule has 0 heterocycles. The van der Waals surface area contributed by atoms with Gasteiger partial charge in [0.2, 0.25) is 0 Å². The number of hydrogen-bond acceptors (Lipinski definition) is 5. The predicted octanol–water partition coefficient (Wildman–Crippen LogP) is -0.151. The van der Waals surface area contributed by atoms with E-state index in [-0.39, 0.29) is 26.4 Å². The van der Waals surface area contributed by atoms with Gasteiger partial charge in [-0.25, -0.2) is 4.79 Å². The van der Waals surface area contributed by atoms with Gasteiger partial charge in [-0.2, -0.15) is 0 Å². The Morgan fingerprint density at radius 2 is 1.60 bits per heavy atom. The van der Waals surface area contributed by atoms with Crippen molar-refractivity contribution >= 4 is 5.97 Å². The van der Waals surface area contributed by atoms with Crippen LogP contribution in [-0.4, -0.2) is 47.7 Å². The number of ether oxygens (including phenoxy) is 1. The largest absolute Gasteiger partial charge is 0.460 e. The van der Waals surface area contributed by atoms with E-state index in [1.54, 1.807) is 6.92 Å².